The van der Waals surface area contributed by atoms with Crippen LogP contribution in [0.1, 0.15) is 0 Å². The molecular formula is C9H6FNO. The summed E-state index contributed by atoms with van der Waals surface area (Å²) in [5.41, 5.74) is 0. The molecule has 0 amide bonds. The van der Waals surface area contributed by atoms with Gasteiger partial charge in [0.15, 0.2) is 0 Å². The lowest BCUT2D eigenvalue weighted by Gasteiger charge is -1.99. The van der Waals surface area contributed by atoms with E-state index in [2.05, 4.69) is 4.98 Å². The minimum atomic E-state index is -0.365. The highest BCUT2D eigenvalue weighted by molar-refractivity contribution is 5.87. The van der Waals surface area contributed by atoms with Crippen LogP contribution in [-0.4, -0.2) is 10.1 Å². The molecule has 60 valence electrons. The van der Waals surface area contributed by atoms with Gasteiger partial charge < -0.3 is 5.11 Å². The summed E-state index contributed by atoms with van der Waals surface area (Å²) in [6.07, 6.45) is 2.69. The average molecular weight is 163 g/mol. The number of rotatable bonds is 0. The molecule has 0 aliphatic rings. The maximum atomic E-state index is 13.0. The van der Waals surface area contributed by atoms with E-state index < -0.39 is 0 Å². The summed E-state index contributed by atoms with van der Waals surface area (Å²) in [6, 6.07) is 4.54. The van der Waals surface area contributed by atoms with Crippen molar-refractivity contribution < 1.29 is 9.50 Å². The molecule has 0 spiro atoms. The van der Waals surface area contributed by atoms with Gasteiger partial charge in [0.05, 0.1) is 6.20 Å². The van der Waals surface area contributed by atoms with Crippen LogP contribution in [0.4, 0.5) is 4.39 Å². The van der Waals surface area contributed by atoms with Crippen molar-refractivity contribution >= 4 is 10.8 Å². The fraction of sp³-hybridized carbons (Fsp3) is 0. The van der Waals surface area contributed by atoms with E-state index in [-0.39, 0.29) is 11.6 Å². The van der Waals surface area contributed by atoms with Gasteiger partial charge in [-0.15, -0.1) is 0 Å². The second-order valence-corrected chi connectivity index (χ2v) is 2.49. The van der Waals surface area contributed by atoms with Gasteiger partial charge in [0.1, 0.15) is 11.6 Å². The van der Waals surface area contributed by atoms with Crippen molar-refractivity contribution in [2.24, 2.45) is 0 Å². The Labute approximate surface area is 68.3 Å². The molecule has 0 saturated carbocycles. The monoisotopic (exact) mass is 163 g/mol. The van der Waals surface area contributed by atoms with Gasteiger partial charge in [-0.1, -0.05) is 12.1 Å². The third-order valence-electron chi connectivity index (χ3n) is 1.73. The predicted molar refractivity (Wildman–Crippen MR) is 43.4 cm³/mol. The predicted octanol–water partition coefficient (Wildman–Crippen LogP) is 2.08. The van der Waals surface area contributed by atoms with Crippen molar-refractivity contribution in [3.8, 4) is 5.75 Å². The largest absolute Gasteiger partial charge is 0.506 e. The van der Waals surface area contributed by atoms with E-state index in [1.54, 1.807) is 12.1 Å². The summed E-state index contributed by atoms with van der Waals surface area (Å²) in [5.74, 6) is -0.358. The summed E-state index contributed by atoms with van der Waals surface area (Å²) in [5, 5.41) is 10.1. The average Bonchev–Trinajstić information content (AvgIpc) is 2.07. The Bertz CT molecular complexity index is 387. The number of nitrogens with zero attached hydrogens (tertiary/aromatic N) is 1. The molecule has 12 heavy (non-hydrogen) atoms. The Morgan fingerprint density at radius 3 is 2.75 bits per heavy atom. The highest BCUT2D eigenvalue weighted by Gasteiger charge is 2.02. The van der Waals surface area contributed by atoms with Crippen LogP contribution in [0.15, 0.2) is 30.6 Å². The van der Waals surface area contributed by atoms with Crippen molar-refractivity contribution in [3.63, 3.8) is 0 Å². The number of halogens is 1. The Kier molecular flexibility index (Phi) is 1.43. The molecule has 0 bridgehead atoms. The first-order valence-electron chi connectivity index (χ1n) is 3.50. The van der Waals surface area contributed by atoms with Crippen molar-refractivity contribution in [2.75, 3.05) is 0 Å². The molecule has 0 radical (unpaired) electrons. The van der Waals surface area contributed by atoms with Crippen molar-refractivity contribution in [1.82, 2.24) is 4.98 Å². The van der Waals surface area contributed by atoms with Crippen LogP contribution in [0.25, 0.3) is 10.8 Å². The van der Waals surface area contributed by atoms with Gasteiger partial charge in [0.25, 0.3) is 0 Å². The van der Waals surface area contributed by atoms with E-state index in [0.29, 0.717) is 10.8 Å². The van der Waals surface area contributed by atoms with Crippen LogP contribution in [0.3, 0.4) is 0 Å². The number of hydrogen-bond donors (Lipinski definition) is 1. The summed E-state index contributed by atoms with van der Waals surface area (Å²) in [6.45, 7) is 0. The van der Waals surface area contributed by atoms with E-state index in [1.165, 1.54) is 18.5 Å². The van der Waals surface area contributed by atoms with Gasteiger partial charge in [-0.2, -0.15) is 0 Å². The highest BCUT2D eigenvalue weighted by atomic mass is 19.1. The third-order valence-corrected chi connectivity index (χ3v) is 1.73. The molecule has 1 aromatic heterocycles. The summed E-state index contributed by atoms with van der Waals surface area (Å²) < 4.78 is 13.0. The minimum Gasteiger partial charge on any atom is -0.506 e. The number of benzene rings is 1. The first-order chi connectivity index (χ1) is 5.79. The summed E-state index contributed by atoms with van der Waals surface area (Å²) >= 11 is 0. The Hall–Kier alpha value is -1.64. The van der Waals surface area contributed by atoms with Gasteiger partial charge in [0, 0.05) is 17.0 Å². The Morgan fingerprint density at radius 1 is 1.17 bits per heavy atom. The quantitative estimate of drug-likeness (QED) is 0.645. The lowest BCUT2D eigenvalue weighted by Crippen LogP contribution is -1.81. The van der Waals surface area contributed by atoms with Gasteiger partial charge in [-0.05, 0) is 6.07 Å². The van der Waals surface area contributed by atoms with Gasteiger partial charge in [-0.25, -0.2) is 4.39 Å². The fourth-order valence-electron chi connectivity index (χ4n) is 1.14. The fourth-order valence-corrected chi connectivity index (χ4v) is 1.14. The van der Waals surface area contributed by atoms with Crippen LogP contribution in [0.5, 0.6) is 5.75 Å². The van der Waals surface area contributed by atoms with Crippen LogP contribution >= 0.6 is 0 Å². The first kappa shape index (κ1) is 7.03. The SMILES string of the molecule is Oc1cncc2c(F)cccc12. The zero-order valence-electron chi connectivity index (χ0n) is 6.16. The van der Waals surface area contributed by atoms with Crippen molar-refractivity contribution in [1.29, 1.82) is 0 Å². The van der Waals surface area contributed by atoms with Crippen LogP contribution in [-0.2, 0) is 0 Å². The van der Waals surface area contributed by atoms with E-state index >= 15 is 0 Å². The van der Waals surface area contributed by atoms with Crippen LogP contribution < -0.4 is 0 Å². The molecular weight excluding hydrogens is 157 g/mol. The van der Waals surface area contributed by atoms with Gasteiger partial charge in [0.2, 0.25) is 0 Å². The zero-order valence-corrected chi connectivity index (χ0v) is 6.16. The molecule has 0 aliphatic heterocycles. The molecule has 0 fully saturated rings. The number of fused-ring (bicyclic) bond motifs is 1. The second kappa shape index (κ2) is 2.44. The van der Waals surface area contributed by atoms with Crippen LogP contribution in [0, 0.1) is 5.82 Å². The number of aromatic hydroxyl groups is 1. The van der Waals surface area contributed by atoms with E-state index in [9.17, 15) is 9.50 Å². The third kappa shape index (κ3) is 0.906. The van der Waals surface area contributed by atoms with E-state index in [1.807, 2.05) is 0 Å². The lowest BCUT2D eigenvalue weighted by atomic mass is 10.1. The maximum Gasteiger partial charge on any atom is 0.141 e. The van der Waals surface area contributed by atoms with Crippen LogP contribution in [0.2, 0.25) is 0 Å². The van der Waals surface area contributed by atoms with E-state index in [0.717, 1.165) is 0 Å². The molecule has 0 aliphatic carbocycles. The minimum absolute atomic E-state index is 0.00648. The smallest absolute Gasteiger partial charge is 0.141 e. The Balaban J connectivity index is 2.94. The number of pyridine rings is 1. The molecule has 2 nitrogen and oxygen atoms in total. The number of aromatic nitrogens is 1. The van der Waals surface area contributed by atoms with Crippen molar-refractivity contribution in [3.05, 3.63) is 36.4 Å². The number of hydrogen-bond acceptors (Lipinski definition) is 2. The molecule has 3 heteroatoms. The van der Waals surface area contributed by atoms with E-state index in [4.69, 9.17) is 0 Å². The Morgan fingerprint density at radius 2 is 2.00 bits per heavy atom. The first-order valence-corrected chi connectivity index (χ1v) is 3.50. The molecule has 0 unspecified atom stereocenters. The molecule has 0 saturated heterocycles. The zero-order chi connectivity index (χ0) is 8.55. The lowest BCUT2D eigenvalue weighted by molar-refractivity contribution is 0.479. The van der Waals surface area contributed by atoms with Crippen molar-refractivity contribution in [2.45, 2.75) is 0 Å². The normalized spacial score (nSPS) is 10.4. The highest BCUT2D eigenvalue weighted by Crippen LogP contribution is 2.24. The maximum absolute atomic E-state index is 13.0. The topological polar surface area (TPSA) is 33.1 Å². The summed E-state index contributed by atoms with van der Waals surface area (Å²) in [7, 11) is 0. The van der Waals surface area contributed by atoms with Gasteiger partial charge in [-0.3, -0.25) is 4.98 Å². The molecule has 2 aromatic rings. The molecule has 1 N–H and O–H groups in total. The standard InChI is InChI=1S/C9H6FNO/c10-8-3-1-2-6-7(8)4-11-5-9(6)12/h1-5,12H. The molecule has 0 atom stereocenters. The summed E-state index contributed by atoms with van der Waals surface area (Å²) in [4.78, 5) is 3.68. The second-order valence-electron chi connectivity index (χ2n) is 2.49. The molecule has 1 aromatic carbocycles. The molecule has 2 rings (SSSR count). The molecule has 1 heterocycles. The van der Waals surface area contributed by atoms with Gasteiger partial charge >= 0.3 is 0 Å².